The molecule has 0 aromatic heterocycles. The molecule has 1 saturated carbocycles. The summed E-state index contributed by atoms with van der Waals surface area (Å²) in [6, 6.07) is 0. The second kappa shape index (κ2) is 3.92. The highest BCUT2D eigenvalue weighted by Gasteiger charge is 2.60. The molecule has 3 aliphatic heterocycles. The highest BCUT2D eigenvalue weighted by Crippen LogP contribution is 2.53. The first kappa shape index (κ1) is 11.9. The number of hydrogen-bond donors (Lipinski definition) is 0. The smallest absolute Gasteiger partial charge is 0.201 e. The van der Waals surface area contributed by atoms with Crippen LogP contribution in [0.25, 0.3) is 0 Å². The Hall–Kier alpha value is -0.160. The van der Waals surface area contributed by atoms with Gasteiger partial charge in [-0.1, -0.05) is 6.92 Å². The summed E-state index contributed by atoms with van der Waals surface area (Å²) in [5.74, 6) is 0.615. The van der Waals surface area contributed by atoms with Crippen LogP contribution in [0.4, 0.5) is 0 Å². The van der Waals surface area contributed by atoms with Crippen LogP contribution in [0, 0.1) is 11.8 Å². The number of hydrogen-bond acceptors (Lipinski definition) is 4. The maximum atomic E-state index is 5.97. The minimum absolute atomic E-state index is 0.291. The Morgan fingerprint density at radius 1 is 1.18 bits per heavy atom. The summed E-state index contributed by atoms with van der Waals surface area (Å²) in [6.45, 7) is 4.25. The van der Waals surface area contributed by atoms with Crippen molar-refractivity contribution >= 4 is 0 Å². The van der Waals surface area contributed by atoms with Crippen molar-refractivity contribution in [3.8, 4) is 0 Å². The molecule has 0 radical (unpaired) electrons. The molecule has 3 saturated heterocycles. The molecule has 4 fully saturated rings. The molecule has 1 spiro atoms. The Balaban J connectivity index is 1.94. The number of ether oxygens (including phenoxy) is 2. The van der Waals surface area contributed by atoms with E-state index in [9.17, 15) is 0 Å². The van der Waals surface area contributed by atoms with E-state index in [1.807, 2.05) is 6.92 Å². The van der Waals surface area contributed by atoms with E-state index in [-0.39, 0.29) is 11.9 Å². The van der Waals surface area contributed by atoms with Crippen LogP contribution < -0.4 is 0 Å². The van der Waals surface area contributed by atoms with Gasteiger partial charge < -0.3 is 9.47 Å². The average molecular weight is 242 g/mol. The fraction of sp³-hybridized carbons (Fsp3) is 1.00. The van der Waals surface area contributed by atoms with Crippen LogP contribution in [0.3, 0.4) is 0 Å². The normalized spacial score (nSPS) is 54.2. The van der Waals surface area contributed by atoms with E-state index in [2.05, 4.69) is 6.92 Å². The van der Waals surface area contributed by atoms with Gasteiger partial charge in [-0.3, -0.25) is 0 Å². The third-order valence-electron chi connectivity index (χ3n) is 4.70. The molecule has 4 nitrogen and oxygen atoms in total. The first-order valence-corrected chi connectivity index (χ1v) is 6.65. The number of methoxy groups -OCH3 is 1. The summed E-state index contributed by atoms with van der Waals surface area (Å²) in [6.07, 6.45) is 4.99. The van der Waals surface area contributed by atoms with Crippen molar-refractivity contribution in [1.82, 2.24) is 0 Å². The van der Waals surface area contributed by atoms with Crippen LogP contribution in [0.1, 0.15) is 46.0 Å². The maximum absolute atomic E-state index is 5.97. The molecule has 4 aliphatic rings. The zero-order valence-electron chi connectivity index (χ0n) is 10.9. The van der Waals surface area contributed by atoms with Crippen molar-refractivity contribution in [3.63, 3.8) is 0 Å². The van der Waals surface area contributed by atoms with Gasteiger partial charge in [-0.05, 0) is 44.4 Å². The molecule has 0 aromatic rings. The predicted molar refractivity (Wildman–Crippen MR) is 60.9 cm³/mol. The first-order valence-electron chi connectivity index (χ1n) is 6.65. The molecule has 2 bridgehead atoms. The van der Waals surface area contributed by atoms with Gasteiger partial charge in [-0.15, -0.1) is 0 Å². The lowest BCUT2D eigenvalue weighted by Gasteiger charge is -2.50. The summed E-state index contributed by atoms with van der Waals surface area (Å²) in [5.41, 5.74) is -0.378. The zero-order chi connectivity index (χ0) is 12.1. The lowest BCUT2D eigenvalue weighted by molar-refractivity contribution is -0.548. The largest absolute Gasteiger partial charge is 0.353 e. The topological polar surface area (TPSA) is 36.9 Å². The second-order valence-electron chi connectivity index (χ2n) is 6.06. The van der Waals surface area contributed by atoms with Crippen LogP contribution >= 0.6 is 0 Å². The van der Waals surface area contributed by atoms with Crippen LogP contribution in [-0.4, -0.2) is 24.8 Å². The Morgan fingerprint density at radius 3 is 2.76 bits per heavy atom. The van der Waals surface area contributed by atoms with Crippen LogP contribution in [0.5, 0.6) is 0 Å². The molecule has 5 atom stereocenters. The van der Waals surface area contributed by atoms with Crippen molar-refractivity contribution in [3.05, 3.63) is 0 Å². The van der Waals surface area contributed by atoms with E-state index < -0.39 is 5.79 Å². The lowest BCUT2D eigenvalue weighted by atomic mass is 9.69. The summed E-state index contributed by atoms with van der Waals surface area (Å²) >= 11 is 0. The molecule has 0 N–H and O–H groups in total. The summed E-state index contributed by atoms with van der Waals surface area (Å²) in [4.78, 5) is 11.3. The van der Waals surface area contributed by atoms with Gasteiger partial charge in [0.2, 0.25) is 5.79 Å². The highest BCUT2D eigenvalue weighted by molar-refractivity contribution is 5.00. The SMILES string of the molecule is COC1O[C@]2(C)CC[C@@H]3CC(C)CC[C@]13OO2. The molecule has 0 amide bonds. The summed E-state index contributed by atoms with van der Waals surface area (Å²) < 4.78 is 11.5. The Bertz CT molecular complexity index is 308. The van der Waals surface area contributed by atoms with E-state index in [1.165, 1.54) is 6.42 Å². The fourth-order valence-corrected chi connectivity index (χ4v) is 3.60. The minimum Gasteiger partial charge on any atom is -0.353 e. The Labute approximate surface area is 102 Å². The van der Waals surface area contributed by atoms with E-state index in [1.54, 1.807) is 7.11 Å². The molecule has 4 rings (SSSR count). The van der Waals surface area contributed by atoms with E-state index in [4.69, 9.17) is 19.2 Å². The van der Waals surface area contributed by atoms with E-state index in [0.717, 1.165) is 31.6 Å². The molecule has 2 unspecified atom stereocenters. The van der Waals surface area contributed by atoms with E-state index >= 15 is 0 Å². The van der Waals surface area contributed by atoms with Crippen molar-refractivity contribution in [2.24, 2.45) is 11.8 Å². The van der Waals surface area contributed by atoms with Gasteiger partial charge in [-0.25, -0.2) is 9.78 Å². The molecule has 3 heterocycles. The maximum Gasteiger partial charge on any atom is 0.201 e. The van der Waals surface area contributed by atoms with Gasteiger partial charge in [-0.2, -0.15) is 0 Å². The molecule has 1 aliphatic carbocycles. The fourth-order valence-electron chi connectivity index (χ4n) is 3.60. The number of fused-ring (bicyclic) bond motifs is 3. The third kappa shape index (κ3) is 1.73. The molecule has 98 valence electrons. The summed E-state index contributed by atoms with van der Waals surface area (Å²) in [7, 11) is 1.70. The van der Waals surface area contributed by atoms with Gasteiger partial charge >= 0.3 is 0 Å². The standard InChI is InChI=1S/C13H22O4/c1-9-4-7-13-10(8-9)5-6-12(2,16-17-13)15-11(13)14-3/h9-11H,4-8H2,1-3H3/t9?,10-,11?,12+,13-/m1/s1. The molecular weight excluding hydrogens is 220 g/mol. The van der Waals surface area contributed by atoms with Gasteiger partial charge in [0.15, 0.2) is 11.9 Å². The van der Waals surface area contributed by atoms with Gasteiger partial charge in [0, 0.05) is 13.5 Å². The van der Waals surface area contributed by atoms with Gasteiger partial charge in [0.25, 0.3) is 0 Å². The van der Waals surface area contributed by atoms with Crippen LogP contribution in [0.2, 0.25) is 0 Å². The average Bonchev–Trinajstić information content (AvgIpc) is 2.54. The van der Waals surface area contributed by atoms with Gasteiger partial charge in [0.1, 0.15) is 0 Å². The predicted octanol–water partition coefficient (Wildman–Crippen LogP) is 2.62. The van der Waals surface area contributed by atoms with Crippen molar-refractivity contribution in [2.75, 3.05) is 7.11 Å². The van der Waals surface area contributed by atoms with Crippen molar-refractivity contribution in [2.45, 2.75) is 63.6 Å². The van der Waals surface area contributed by atoms with Crippen molar-refractivity contribution in [1.29, 1.82) is 0 Å². The first-order chi connectivity index (χ1) is 8.08. The quantitative estimate of drug-likeness (QED) is 0.662. The molecule has 17 heavy (non-hydrogen) atoms. The number of rotatable bonds is 1. The molecule has 4 heteroatoms. The van der Waals surface area contributed by atoms with Crippen LogP contribution in [0.15, 0.2) is 0 Å². The van der Waals surface area contributed by atoms with Gasteiger partial charge in [0.05, 0.1) is 0 Å². The Kier molecular flexibility index (Phi) is 2.74. The molecular formula is C13H22O4. The zero-order valence-corrected chi connectivity index (χ0v) is 10.9. The Morgan fingerprint density at radius 2 is 2.00 bits per heavy atom. The minimum atomic E-state index is -0.632. The van der Waals surface area contributed by atoms with E-state index in [0.29, 0.717) is 5.92 Å². The summed E-state index contributed by atoms with van der Waals surface area (Å²) in [5, 5.41) is 0. The molecule has 0 aromatic carbocycles. The second-order valence-corrected chi connectivity index (χ2v) is 6.06. The van der Waals surface area contributed by atoms with Crippen LogP contribution in [-0.2, 0) is 19.2 Å². The highest BCUT2D eigenvalue weighted by atomic mass is 17.3. The lowest BCUT2D eigenvalue weighted by Crippen LogP contribution is -2.59. The monoisotopic (exact) mass is 242 g/mol. The third-order valence-corrected chi connectivity index (χ3v) is 4.70. The van der Waals surface area contributed by atoms with Crippen molar-refractivity contribution < 1.29 is 19.2 Å².